The number of amides is 2. The van der Waals surface area contributed by atoms with Crippen LogP contribution < -0.4 is 29.6 Å². The summed E-state index contributed by atoms with van der Waals surface area (Å²) in [6.45, 7) is 5.78. The Morgan fingerprint density at radius 2 is 0.884 bits per heavy atom. The summed E-state index contributed by atoms with van der Waals surface area (Å²) in [5.74, 6) is -2.58. The minimum atomic E-state index is -0.580. The smallest absolute Gasteiger partial charge is 0.308 e. The van der Waals surface area contributed by atoms with Crippen LogP contribution in [0.5, 0.6) is 23.0 Å². The number of ether oxygens (including phenoxy) is 4. The lowest BCUT2D eigenvalue weighted by atomic mass is 10.2. The average Bonchev–Trinajstić information content (AvgIpc) is 2.91. The molecule has 43 heavy (non-hydrogen) atoms. The van der Waals surface area contributed by atoms with Crippen molar-refractivity contribution in [3.63, 3.8) is 0 Å². The van der Waals surface area contributed by atoms with Crippen molar-refractivity contribution >= 4 is 47.8 Å². The van der Waals surface area contributed by atoms with E-state index in [1.54, 1.807) is 12.1 Å². The summed E-state index contributed by atoms with van der Waals surface area (Å²) in [5.41, 5.74) is 1.13. The molecule has 0 aromatic heterocycles. The number of hydrogen-bond acceptors (Lipinski definition) is 10. The van der Waals surface area contributed by atoms with Gasteiger partial charge in [0.1, 0.15) is 0 Å². The second-order valence-electron chi connectivity index (χ2n) is 9.10. The van der Waals surface area contributed by atoms with Crippen molar-refractivity contribution in [2.45, 2.75) is 47.0 Å². The highest BCUT2D eigenvalue weighted by Crippen LogP contribution is 2.30. The summed E-state index contributed by atoms with van der Waals surface area (Å²) in [4.78, 5) is 69.4. The maximum Gasteiger partial charge on any atom is 0.308 e. The molecule has 0 unspecified atom stereocenters. The van der Waals surface area contributed by atoms with Crippen LogP contribution in [0.25, 0.3) is 12.2 Å². The number of unbranched alkanes of at least 4 members (excludes halogenated alkanes) is 2. The Morgan fingerprint density at radius 3 is 1.23 bits per heavy atom. The van der Waals surface area contributed by atoms with Crippen LogP contribution in [0.15, 0.2) is 48.6 Å². The molecular formula is C31H34N2O10. The predicted octanol–water partition coefficient (Wildman–Crippen LogP) is 3.52. The topological polar surface area (TPSA) is 163 Å². The Kier molecular flexibility index (Phi) is 13.8. The molecule has 0 spiro atoms. The summed E-state index contributed by atoms with van der Waals surface area (Å²) in [6, 6.07) is 9.12. The fourth-order valence-electron chi connectivity index (χ4n) is 3.52. The van der Waals surface area contributed by atoms with Crippen molar-refractivity contribution < 1.29 is 47.7 Å². The minimum absolute atomic E-state index is 0.0659. The van der Waals surface area contributed by atoms with E-state index in [1.165, 1.54) is 76.3 Å². The van der Waals surface area contributed by atoms with E-state index in [-0.39, 0.29) is 34.8 Å². The van der Waals surface area contributed by atoms with E-state index in [0.717, 1.165) is 6.42 Å². The van der Waals surface area contributed by atoms with E-state index in [4.69, 9.17) is 18.9 Å². The monoisotopic (exact) mass is 594 g/mol. The highest BCUT2D eigenvalue weighted by atomic mass is 16.6. The van der Waals surface area contributed by atoms with E-state index < -0.39 is 23.9 Å². The van der Waals surface area contributed by atoms with Gasteiger partial charge in [-0.25, -0.2) is 0 Å². The summed E-state index contributed by atoms with van der Waals surface area (Å²) < 4.78 is 20.2. The average molecular weight is 595 g/mol. The summed E-state index contributed by atoms with van der Waals surface area (Å²) in [6.07, 6.45) is 7.91. The molecule has 12 nitrogen and oxygen atoms in total. The van der Waals surface area contributed by atoms with Crippen molar-refractivity contribution in [1.29, 1.82) is 0 Å². The number of hydrogen-bond donors (Lipinski definition) is 2. The molecular weight excluding hydrogens is 560 g/mol. The fraction of sp³-hybridized carbons (Fsp3) is 0.290. The van der Waals surface area contributed by atoms with Crippen molar-refractivity contribution in [2.24, 2.45) is 0 Å². The van der Waals surface area contributed by atoms with Gasteiger partial charge in [0, 0.05) is 52.9 Å². The van der Waals surface area contributed by atoms with Gasteiger partial charge in [0.05, 0.1) is 0 Å². The van der Waals surface area contributed by atoms with E-state index >= 15 is 0 Å². The Morgan fingerprint density at radius 1 is 0.535 bits per heavy atom. The van der Waals surface area contributed by atoms with Gasteiger partial charge in [-0.2, -0.15) is 0 Å². The third-order valence-electron chi connectivity index (χ3n) is 5.26. The number of benzene rings is 2. The molecule has 2 N–H and O–H groups in total. The lowest BCUT2D eigenvalue weighted by Gasteiger charge is -2.09. The number of esters is 4. The van der Waals surface area contributed by atoms with Crippen LogP contribution in [-0.2, 0) is 28.8 Å². The van der Waals surface area contributed by atoms with Gasteiger partial charge < -0.3 is 29.6 Å². The summed E-state index contributed by atoms with van der Waals surface area (Å²) in [7, 11) is 0. The molecule has 0 heterocycles. The molecule has 2 rings (SSSR count). The Bertz CT molecular complexity index is 1310. The third kappa shape index (κ3) is 13.8. The third-order valence-corrected chi connectivity index (χ3v) is 5.26. The Hall–Kier alpha value is -5.26. The first-order valence-electron chi connectivity index (χ1n) is 13.4. The van der Waals surface area contributed by atoms with Crippen molar-refractivity contribution in [2.75, 3.05) is 13.1 Å². The minimum Gasteiger partial charge on any atom is -0.423 e. The van der Waals surface area contributed by atoms with Crippen molar-refractivity contribution in [3.8, 4) is 23.0 Å². The molecule has 0 fully saturated rings. The maximum absolute atomic E-state index is 12.1. The molecule has 2 aromatic rings. The van der Waals surface area contributed by atoms with Crippen LogP contribution in [0.3, 0.4) is 0 Å². The largest absolute Gasteiger partial charge is 0.423 e. The van der Waals surface area contributed by atoms with Crippen LogP contribution in [0.2, 0.25) is 0 Å². The first-order chi connectivity index (χ1) is 20.4. The molecule has 0 bridgehead atoms. The lowest BCUT2D eigenvalue weighted by Crippen LogP contribution is -2.23. The first-order valence-corrected chi connectivity index (χ1v) is 13.4. The van der Waals surface area contributed by atoms with Gasteiger partial charge in [0.2, 0.25) is 11.8 Å². The molecule has 0 aliphatic carbocycles. The highest BCUT2D eigenvalue weighted by molar-refractivity contribution is 5.92. The van der Waals surface area contributed by atoms with E-state index in [9.17, 15) is 28.8 Å². The van der Waals surface area contributed by atoms with E-state index in [1.807, 2.05) is 0 Å². The fourth-order valence-corrected chi connectivity index (χ4v) is 3.52. The number of nitrogens with one attached hydrogen (secondary N) is 2. The molecule has 0 saturated carbocycles. The number of rotatable bonds is 14. The first kappa shape index (κ1) is 33.9. The Labute approximate surface area is 249 Å². The zero-order valence-corrected chi connectivity index (χ0v) is 24.4. The summed E-state index contributed by atoms with van der Waals surface area (Å²) in [5, 5.41) is 5.54. The second kappa shape index (κ2) is 17.5. The Balaban J connectivity index is 1.72. The molecule has 228 valence electrons. The van der Waals surface area contributed by atoms with E-state index in [0.29, 0.717) is 37.1 Å². The lowest BCUT2D eigenvalue weighted by molar-refractivity contribution is -0.134. The molecule has 2 aromatic carbocycles. The predicted molar refractivity (Wildman–Crippen MR) is 156 cm³/mol. The quantitative estimate of drug-likeness (QED) is 0.143. The van der Waals surface area contributed by atoms with Crippen molar-refractivity contribution in [1.82, 2.24) is 10.6 Å². The van der Waals surface area contributed by atoms with Crippen LogP contribution in [-0.4, -0.2) is 48.8 Å². The van der Waals surface area contributed by atoms with Crippen LogP contribution in [0, 0.1) is 0 Å². The van der Waals surface area contributed by atoms with Crippen LogP contribution >= 0.6 is 0 Å². The molecule has 2 amide bonds. The molecule has 0 radical (unpaired) electrons. The SMILES string of the molecule is CC(=O)Oc1ccc(/C=C/C(=O)NCCCCCNC(=O)/C=C/c2ccc(OC(C)=O)c(OC(C)=O)c2)cc1OC(C)=O. The summed E-state index contributed by atoms with van der Waals surface area (Å²) >= 11 is 0. The van der Waals surface area contributed by atoms with E-state index in [2.05, 4.69) is 10.6 Å². The molecule has 0 aliphatic heterocycles. The van der Waals surface area contributed by atoms with Gasteiger partial charge >= 0.3 is 23.9 Å². The van der Waals surface area contributed by atoms with Gasteiger partial charge in [-0.05, 0) is 66.8 Å². The van der Waals surface area contributed by atoms with Gasteiger partial charge in [-0.1, -0.05) is 12.1 Å². The second-order valence-corrected chi connectivity index (χ2v) is 9.10. The number of carbonyl (C=O) groups excluding carboxylic acids is 6. The zero-order chi connectivity index (χ0) is 31.8. The van der Waals surface area contributed by atoms with Gasteiger partial charge in [0.15, 0.2) is 23.0 Å². The van der Waals surface area contributed by atoms with Gasteiger partial charge in [-0.15, -0.1) is 0 Å². The molecule has 12 heteroatoms. The normalized spacial score (nSPS) is 10.7. The molecule has 0 aliphatic rings. The standard InChI is InChI=1S/C31H34N2O10/c1-20(34)40-26-12-8-24(18-28(26)42-22(3)36)10-14-30(38)32-16-6-5-7-17-33-31(39)15-11-25-9-13-27(41-21(2)35)29(19-25)43-23(4)37/h8-15,18-19H,5-7,16-17H2,1-4H3,(H,32,38)(H,33,39)/b14-10+,15-11+. The van der Waals surface area contributed by atoms with Crippen molar-refractivity contribution in [3.05, 3.63) is 59.7 Å². The van der Waals surface area contributed by atoms with Gasteiger partial charge in [-0.3, -0.25) is 28.8 Å². The van der Waals surface area contributed by atoms with Gasteiger partial charge in [0.25, 0.3) is 0 Å². The zero-order valence-electron chi connectivity index (χ0n) is 24.4. The number of carbonyl (C=O) groups is 6. The molecule has 0 atom stereocenters. The maximum atomic E-state index is 12.1. The van der Waals surface area contributed by atoms with Crippen LogP contribution in [0.4, 0.5) is 0 Å². The molecule has 0 saturated heterocycles. The van der Waals surface area contributed by atoms with Crippen LogP contribution in [0.1, 0.15) is 58.1 Å². The highest BCUT2D eigenvalue weighted by Gasteiger charge is 2.12.